The van der Waals surface area contributed by atoms with Gasteiger partial charge in [0.2, 0.25) is 5.91 Å². The van der Waals surface area contributed by atoms with Crippen molar-refractivity contribution in [3.05, 3.63) is 35.9 Å². The smallest absolute Gasteiger partial charge is 0.410 e. The highest BCUT2D eigenvalue weighted by Crippen LogP contribution is 2.53. The summed E-state index contributed by atoms with van der Waals surface area (Å²) >= 11 is 0. The van der Waals surface area contributed by atoms with Crippen LogP contribution in [0.15, 0.2) is 30.3 Å². The van der Waals surface area contributed by atoms with E-state index in [-0.39, 0.29) is 36.1 Å². The van der Waals surface area contributed by atoms with Gasteiger partial charge in [0.15, 0.2) is 0 Å². The molecule has 7 nitrogen and oxygen atoms in total. The average molecular weight is 442 g/mol. The number of carbonyl (C=O) groups is 2. The largest absolute Gasteiger partial charge is 0.445 e. The van der Waals surface area contributed by atoms with Crippen molar-refractivity contribution < 1.29 is 19.4 Å². The van der Waals surface area contributed by atoms with E-state index in [1.54, 1.807) is 4.90 Å². The van der Waals surface area contributed by atoms with Crippen LogP contribution in [0.2, 0.25) is 0 Å². The van der Waals surface area contributed by atoms with E-state index in [1.165, 1.54) is 12.8 Å². The lowest BCUT2D eigenvalue weighted by molar-refractivity contribution is -0.144. The first-order chi connectivity index (χ1) is 15.5. The number of rotatable bonds is 5. The molecular weight excluding hydrogens is 406 g/mol. The normalized spacial score (nSPS) is 31.6. The van der Waals surface area contributed by atoms with Gasteiger partial charge in [0.25, 0.3) is 0 Å². The van der Waals surface area contributed by atoms with Gasteiger partial charge in [-0.25, -0.2) is 4.79 Å². The van der Waals surface area contributed by atoms with E-state index in [1.807, 2.05) is 42.2 Å². The zero-order valence-corrected chi connectivity index (χ0v) is 19.0. The number of aliphatic hydroxyl groups excluding tert-OH is 1. The average Bonchev–Trinajstić information content (AvgIpc) is 3.47. The van der Waals surface area contributed by atoms with Gasteiger partial charge in [-0.15, -0.1) is 0 Å². The lowest BCUT2D eigenvalue weighted by Gasteiger charge is -2.43. The van der Waals surface area contributed by atoms with Crippen LogP contribution in [0.5, 0.6) is 0 Å². The van der Waals surface area contributed by atoms with Crippen LogP contribution in [0, 0.1) is 5.41 Å². The number of carbonyl (C=O) groups excluding carboxylic acids is 2. The molecule has 1 saturated carbocycles. The predicted molar refractivity (Wildman–Crippen MR) is 120 cm³/mol. The molecular formula is C25H35N3O4. The van der Waals surface area contributed by atoms with Crippen molar-refractivity contribution in [2.75, 3.05) is 26.2 Å². The number of amides is 2. The number of piperidine rings is 1. The van der Waals surface area contributed by atoms with Gasteiger partial charge in [-0.1, -0.05) is 30.3 Å². The van der Waals surface area contributed by atoms with Crippen molar-refractivity contribution in [3.63, 3.8) is 0 Å². The number of piperazine rings is 1. The first kappa shape index (κ1) is 21.7. The van der Waals surface area contributed by atoms with E-state index in [0.29, 0.717) is 6.54 Å². The molecule has 1 N–H and O–H groups in total. The molecule has 0 radical (unpaired) electrons. The molecule has 174 valence electrons. The van der Waals surface area contributed by atoms with Crippen LogP contribution in [0.3, 0.4) is 0 Å². The summed E-state index contributed by atoms with van der Waals surface area (Å²) < 4.78 is 5.51. The Bertz CT molecular complexity index is 843. The SMILES string of the molecule is C[C@H]1C(=O)N2C(CCN3CCC4(CC4)[C@H](O)C3)CC[C@H]2CN1C(=O)OCc1ccccc1. The molecule has 3 aliphatic heterocycles. The molecule has 2 amide bonds. The molecule has 4 atom stereocenters. The Morgan fingerprint density at radius 3 is 2.66 bits per heavy atom. The predicted octanol–water partition coefficient (Wildman–Crippen LogP) is 2.62. The van der Waals surface area contributed by atoms with Crippen molar-refractivity contribution in [1.82, 2.24) is 14.7 Å². The van der Waals surface area contributed by atoms with Crippen molar-refractivity contribution >= 4 is 12.0 Å². The van der Waals surface area contributed by atoms with E-state index in [0.717, 1.165) is 50.9 Å². The zero-order valence-electron chi connectivity index (χ0n) is 19.0. The first-order valence-electron chi connectivity index (χ1n) is 12.2. The van der Waals surface area contributed by atoms with Crippen molar-refractivity contribution in [3.8, 4) is 0 Å². The van der Waals surface area contributed by atoms with Crippen molar-refractivity contribution in [2.24, 2.45) is 5.41 Å². The van der Waals surface area contributed by atoms with Crippen LogP contribution in [0.4, 0.5) is 4.79 Å². The molecule has 0 aromatic heterocycles. The molecule has 1 unspecified atom stereocenters. The quantitative estimate of drug-likeness (QED) is 0.761. The molecule has 3 saturated heterocycles. The number of fused-ring (bicyclic) bond motifs is 1. The molecule has 7 heteroatoms. The van der Waals surface area contributed by atoms with Gasteiger partial charge < -0.3 is 19.6 Å². The molecule has 5 rings (SSSR count). The Morgan fingerprint density at radius 2 is 1.94 bits per heavy atom. The molecule has 1 aromatic carbocycles. The number of ether oxygens (including phenoxy) is 1. The molecule has 1 aromatic rings. The van der Waals surface area contributed by atoms with Gasteiger partial charge in [0, 0.05) is 31.7 Å². The Morgan fingerprint density at radius 1 is 1.16 bits per heavy atom. The fourth-order valence-electron chi connectivity index (χ4n) is 5.91. The minimum absolute atomic E-state index is 0.0380. The highest BCUT2D eigenvalue weighted by atomic mass is 16.6. The third-order valence-corrected chi connectivity index (χ3v) is 8.28. The number of hydrogen-bond donors (Lipinski definition) is 1. The number of nitrogens with zero attached hydrogens (tertiary/aromatic N) is 3. The lowest BCUT2D eigenvalue weighted by Crippen LogP contribution is -2.62. The first-order valence-corrected chi connectivity index (χ1v) is 12.2. The van der Waals surface area contributed by atoms with Gasteiger partial charge >= 0.3 is 6.09 Å². The van der Waals surface area contributed by atoms with E-state index < -0.39 is 12.1 Å². The molecule has 3 heterocycles. The molecule has 4 fully saturated rings. The second-order valence-electron chi connectivity index (χ2n) is 10.2. The molecule has 32 heavy (non-hydrogen) atoms. The Balaban J connectivity index is 1.14. The van der Waals surface area contributed by atoms with Crippen LogP contribution in [-0.2, 0) is 16.1 Å². The second kappa shape index (κ2) is 8.67. The summed E-state index contributed by atoms with van der Waals surface area (Å²) in [4.78, 5) is 32.0. The number of hydrogen-bond acceptors (Lipinski definition) is 5. The summed E-state index contributed by atoms with van der Waals surface area (Å²) in [7, 11) is 0. The maximum atomic E-state index is 13.2. The van der Waals surface area contributed by atoms with E-state index in [4.69, 9.17) is 4.74 Å². The van der Waals surface area contributed by atoms with Crippen molar-refractivity contribution in [2.45, 2.75) is 76.3 Å². The fourth-order valence-corrected chi connectivity index (χ4v) is 5.91. The van der Waals surface area contributed by atoms with Crippen LogP contribution in [0.25, 0.3) is 0 Å². The maximum Gasteiger partial charge on any atom is 0.410 e. The van der Waals surface area contributed by atoms with Gasteiger partial charge in [0.1, 0.15) is 12.6 Å². The summed E-state index contributed by atoms with van der Waals surface area (Å²) in [6, 6.07) is 9.42. The van der Waals surface area contributed by atoms with E-state index >= 15 is 0 Å². The van der Waals surface area contributed by atoms with Crippen molar-refractivity contribution in [1.29, 1.82) is 0 Å². The third kappa shape index (κ3) is 4.13. The lowest BCUT2D eigenvalue weighted by atomic mass is 9.90. The summed E-state index contributed by atoms with van der Waals surface area (Å²) in [6.45, 7) is 5.32. The molecule has 4 aliphatic rings. The molecule has 0 bridgehead atoms. The monoisotopic (exact) mass is 441 g/mol. The highest BCUT2D eigenvalue weighted by molar-refractivity contribution is 5.87. The Kier molecular flexibility index (Phi) is 5.88. The van der Waals surface area contributed by atoms with E-state index in [2.05, 4.69) is 4.90 Å². The minimum atomic E-state index is -0.498. The van der Waals surface area contributed by atoms with Crippen LogP contribution in [0.1, 0.15) is 51.0 Å². The fraction of sp³-hybridized carbons (Fsp3) is 0.680. The van der Waals surface area contributed by atoms with Crippen LogP contribution >= 0.6 is 0 Å². The standard InChI is InChI=1S/C25H35N3O4/c1-18-23(30)28-20(9-13-26-14-12-25(10-11-25)22(29)16-26)7-8-21(28)15-27(18)24(31)32-17-19-5-3-2-4-6-19/h2-6,18,20-22,29H,7-17H2,1H3/t18-,20?,21-,22+/m0/s1. The van der Waals surface area contributed by atoms with Gasteiger partial charge in [-0.2, -0.15) is 0 Å². The van der Waals surface area contributed by atoms with Gasteiger partial charge in [-0.05, 0) is 63.0 Å². The van der Waals surface area contributed by atoms with Gasteiger partial charge in [-0.3, -0.25) is 9.69 Å². The van der Waals surface area contributed by atoms with Gasteiger partial charge in [0.05, 0.1) is 6.10 Å². The topological polar surface area (TPSA) is 73.3 Å². The number of likely N-dealkylation sites (tertiary alicyclic amines) is 1. The number of β-amino-alcohol motifs (C(OH)–C–C–N with tert-alkyl or cyclic N) is 1. The summed E-state index contributed by atoms with van der Waals surface area (Å²) in [6.07, 6.45) is 5.70. The number of benzene rings is 1. The van der Waals surface area contributed by atoms with E-state index in [9.17, 15) is 14.7 Å². The van der Waals surface area contributed by atoms with Crippen LogP contribution < -0.4 is 0 Å². The Hall–Kier alpha value is -2.12. The van der Waals surface area contributed by atoms with Crippen LogP contribution in [-0.4, -0.2) is 82.2 Å². The zero-order chi connectivity index (χ0) is 22.3. The molecule has 1 aliphatic carbocycles. The summed E-state index contributed by atoms with van der Waals surface area (Å²) in [5.74, 6) is 0.0380. The number of aliphatic hydroxyl groups is 1. The third-order valence-electron chi connectivity index (χ3n) is 8.28. The Labute approximate surface area is 190 Å². The molecule has 1 spiro atoms. The summed E-state index contributed by atoms with van der Waals surface area (Å²) in [5, 5.41) is 10.5. The summed E-state index contributed by atoms with van der Waals surface area (Å²) in [5.41, 5.74) is 1.17. The minimum Gasteiger partial charge on any atom is -0.445 e. The highest BCUT2D eigenvalue weighted by Gasteiger charge is 2.51. The second-order valence-corrected chi connectivity index (χ2v) is 10.2. The maximum absolute atomic E-state index is 13.2.